The van der Waals surface area contributed by atoms with Crippen molar-refractivity contribution in [3.63, 3.8) is 0 Å². The Morgan fingerprint density at radius 2 is 2.04 bits per heavy atom. The van der Waals surface area contributed by atoms with Crippen LogP contribution in [0.5, 0.6) is 5.75 Å². The number of nitrogens with zero attached hydrogens (tertiary/aromatic N) is 1. The number of hydrogen-bond donors (Lipinski definition) is 2. The van der Waals surface area contributed by atoms with Crippen LogP contribution in [-0.2, 0) is 4.79 Å². The van der Waals surface area contributed by atoms with Crippen LogP contribution >= 0.6 is 0 Å². The van der Waals surface area contributed by atoms with Gasteiger partial charge in [0.05, 0.1) is 18.8 Å². The second-order valence-corrected chi connectivity index (χ2v) is 5.79. The number of amides is 2. The van der Waals surface area contributed by atoms with E-state index in [-0.39, 0.29) is 30.8 Å². The molecule has 2 amide bonds. The molecule has 1 aromatic carbocycles. The molecule has 0 spiro atoms. The van der Waals surface area contributed by atoms with Crippen LogP contribution < -0.4 is 15.4 Å². The van der Waals surface area contributed by atoms with Crippen LogP contribution in [0.25, 0.3) is 0 Å². The summed E-state index contributed by atoms with van der Waals surface area (Å²) in [7, 11) is 1.55. The summed E-state index contributed by atoms with van der Waals surface area (Å²) >= 11 is 0. The smallest absolute Gasteiger partial charge is 0.251 e. The van der Waals surface area contributed by atoms with E-state index in [1.54, 1.807) is 37.6 Å². The molecule has 0 aliphatic carbocycles. The lowest BCUT2D eigenvalue weighted by Gasteiger charge is -2.14. The van der Waals surface area contributed by atoms with Gasteiger partial charge in [0, 0.05) is 24.7 Å². The fourth-order valence-corrected chi connectivity index (χ4v) is 2.28. The van der Waals surface area contributed by atoms with E-state index in [9.17, 15) is 9.59 Å². The zero-order valence-corrected chi connectivity index (χ0v) is 14.7. The largest absolute Gasteiger partial charge is 0.497 e. The second kappa shape index (κ2) is 8.82. The number of rotatable bonds is 7. The second-order valence-electron chi connectivity index (χ2n) is 5.79. The zero-order chi connectivity index (χ0) is 18.2. The number of nitrogens with one attached hydrogen (secondary N) is 2. The van der Waals surface area contributed by atoms with Crippen LogP contribution in [0.4, 0.5) is 0 Å². The zero-order valence-electron chi connectivity index (χ0n) is 14.7. The number of methoxy groups -OCH3 is 1. The maximum Gasteiger partial charge on any atom is 0.251 e. The minimum absolute atomic E-state index is 0.138. The lowest BCUT2D eigenvalue weighted by Crippen LogP contribution is -2.32. The number of hydrogen-bond acceptors (Lipinski definition) is 4. The molecule has 1 heterocycles. The van der Waals surface area contributed by atoms with Crippen LogP contribution in [-0.4, -0.2) is 30.5 Å². The maximum atomic E-state index is 12.1. The van der Waals surface area contributed by atoms with Crippen LogP contribution in [0, 0.1) is 6.92 Å². The first-order valence-electron chi connectivity index (χ1n) is 8.13. The van der Waals surface area contributed by atoms with Crippen molar-refractivity contribution in [3.05, 3.63) is 59.4 Å². The van der Waals surface area contributed by atoms with Gasteiger partial charge in [-0.25, -0.2) is 0 Å². The van der Waals surface area contributed by atoms with E-state index >= 15 is 0 Å². The normalized spacial score (nSPS) is 11.5. The standard InChI is InChI=1S/C19H23N3O3/c1-13-7-8-17(21-12-13)14(2)22-18(23)9-10-20-19(24)15-5-4-6-16(11-15)25-3/h4-8,11-12,14H,9-10H2,1-3H3,(H,20,24)(H,22,23). The average molecular weight is 341 g/mol. The number of benzene rings is 1. The van der Waals surface area contributed by atoms with Crippen molar-refractivity contribution in [1.82, 2.24) is 15.6 Å². The molecule has 1 aromatic heterocycles. The van der Waals surface area contributed by atoms with Crippen molar-refractivity contribution < 1.29 is 14.3 Å². The van der Waals surface area contributed by atoms with Crippen molar-refractivity contribution in [2.24, 2.45) is 0 Å². The topological polar surface area (TPSA) is 80.3 Å². The highest BCUT2D eigenvalue weighted by atomic mass is 16.5. The molecule has 0 radical (unpaired) electrons. The Labute approximate surface area is 147 Å². The highest BCUT2D eigenvalue weighted by Crippen LogP contribution is 2.12. The van der Waals surface area contributed by atoms with Gasteiger partial charge in [-0.05, 0) is 43.7 Å². The molecule has 6 heteroatoms. The third-order valence-corrected chi connectivity index (χ3v) is 3.72. The summed E-state index contributed by atoms with van der Waals surface area (Å²) in [4.78, 5) is 28.4. The Morgan fingerprint density at radius 3 is 2.72 bits per heavy atom. The molecule has 0 fully saturated rings. The molecule has 0 aliphatic rings. The lowest BCUT2D eigenvalue weighted by atomic mass is 10.2. The quantitative estimate of drug-likeness (QED) is 0.810. The fourth-order valence-electron chi connectivity index (χ4n) is 2.28. The van der Waals surface area contributed by atoms with Gasteiger partial charge in [0.25, 0.3) is 5.91 Å². The molecule has 132 valence electrons. The number of aryl methyl sites for hydroxylation is 1. The summed E-state index contributed by atoms with van der Waals surface area (Å²) in [6, 6.07) is 10.5. The molecule has 25 heavy (non-hydrogen) atoms. The van der Waals surface area contributed by atoms with Crippen molar-refractivity contribution in [2.45, 2.75) is 26.3 Å². The molecule has 0 saturated heterocycles. The van der Waals surface area contributed by atoms with E-state index in [2.05, 4.69) is 15.6 Å². The Kier molecular flexibility index (Phi) is 6.51. The number of carbonyl (C=O) groups is 2. The van der Waals surface area contributed by atoms with Gasteiger partial charge in [-0.2, -0.15) is 0 Å². The fraction of sp³-hybridized carbons (Fsp3) is 0.316. The summed E-state index contributed by atoms with van der Waals surface area (Å²) in [6.45, 7) is 4.10. The SMILES string of the molecule is COc1cccc(C(=O)NCCC(=O)NC(C)c2ccc(C)cn2)c1. The molecule has 2 N–H and O–H groups in total. The van der Waals surface area contributed by atoms with E-state index in [1.165, 1.54) is 0 Å². The highest BCUT2D eigenvalue weighted by molar-refractivity contribution is 5.94. The monoisotopic (exact) mass is 341 g/mol. The average Bonchev–Trinajstić information content (AvgIpc) is 2.62. The van der Waals surface area contributed by atoms with Gasteiger partial charge < -0.3 is 15.4 Å². The molecule has 1 atom stereocenters. The van der Waals surface area contributed by atoms with Gasteiger partial charge in [-0.15, -0.1) is 0 Å². The van der Waals surface area contributed by atoms with Crippen molar-refractivity contribution in [1.29, 1.82) is 0 Å². The van der Waals surface area contributed by atoms with Gasteiger partial charge >= 0.3 is 0 Å². The summed E-state index contributed by atoms with van der Waals surface area (Å²) in [5, 5.41) is 5.61. The van der Waals surface area contributed by atoms with Gasteiger partial charge in [0.1, 0.15) is 5.75 Å². The van der Waals surface area contributed by atoms with Crippen LogP contribution in [0.15, 0.2) is 42.6 Å². The van der Waals surface area contributed by atoms with E-state index in [4.69, 9.17) is 4.74 Å². The minimum Gasteiger partial charge on any atom is -0.497 e. The third-order valence-electron chi connectivity index (χ3n) is 3.72. The van der Waals surface area contributed by atoms with Gasteiger partial charge in [0.15, 0.2) is 0 Å². The van der Waals surface area contributed by atoms with E-state index in [0.29, 0.717) is 11.3 Å². The number of ether oxygens (including phenoxy) is 1. The van der Waals surface area contributed by atoms with Crippen LogP contribution in [0.3, 0.4) is 0 Å². The van der Waals surface area contributed by atoms with Crippen molar-refractivity contribution in [2.75, 3.05) is 13.7 Å². The van der Waals surface area contributed by atoms with E-state index < -0.39 is 0 Å². The van der Waals surface area contributed by atoms with Gasteiger partial charge in [0.2, 0.25) is 5.91 Å². The van der Waals surface area contributed by atoms with Crippen LogP contribution in [0.2, 0.25) is 0 Å². The van der Waals surface area contributed by atoms with Crippen molar-refractivity contribution in [3.8, 4) is 5.75 Å². The first-order chi connectivity index (χ1) is 12.0. The molecule has 0 bridgehead atoms. The molecule has 0 saturated carbocycles. The van der Waals surface area contributed by atoms with Crippen molar-refractivity contribution >= 4 is 11.8 Å². The summed E-state index contributed by atoms with van der Waals surface area (Å²) < 4.78 is 5.09. The number of aromatic nitrogens is 1. The third kappa shape index (κ3) is 5.60. The summed E-state index contributed by atoms with van der Waals surface area (Å²) in [5.41, 5.74) is 2.37. The highest BCUT2D eigenvalue weighted by Gasteiger charge is 2.11. The predicted molar refractivity (Wildman–Crippen MR) is 95.5 cm³/mol. The lowest BCUT2D eigenvalue weighted by molar-refractivity contribution is -0.121. The predicted octanol–water partition coefficient (Wildman–Crippen LogP) is 2.40. The van der Waals surface area contributed by atoms with E-state index in [0.717, 1.165) is 11.3 Å². The maximum absolute atomic E-state index is 12.1. The first kappa shape index (κ1) is 18.4. The minimum atomic E-state index is -0.236. The molecular formula is C19H23N3O3. The molecule has 0 aliphatic heterocycles. The van der Waals surface area contributed by atoms with E-state index in [1.807, 2.05) is 26.0 Å². The number of carbonyl (C=O) groups excluding carboxylic acids is 2. The number of pyridine rings is 1. The van der Waals surface area contributed by atoms with Crippen LogP contribution in [0.1, 0.15) is 41.0 Å². The molecular weight excluding hydrogens is 318 g/mol. The molecule has 2 rings (SSSR count). The van der Waals surface area contributed by atoms with Gasteiger partial charge in [-0.3, -0.25) is 14.6 Å². The summed E-state index contributed by atoms with van der Waals surface area (Å²) in [6.07, 6.45) is 1.97. The Hall–Kier alpha value is -2.89. The first-order valence-corrected chi connectivity index (χ1v) is 8.13. The molecule has 2 aromatic rings. The molecule has 1 unspecified atom stereocenters. The summed E-state index contributed by atoms with van der Waals surface area (Å²) in [5.74, 6) is 0.241. The molecule has 6 nitrogen and oxygen atoms in total. The Balaban J connectivity index is 1.77. The Bertz CT molecular complexity index is 729. The van der Waals surface area contributed by atoms with Gasteiger partial charge in [-0.1, -0.05) is 12.1 Å². The Morgan fingerprint density at radius 1 is 1.24 bits per heavy atom.